The van der Waals surface area contributed by atoms with Crippen molar-refractivity contribution in [2.45, 2.75) is 52.0 Å². The molecule has 1 aromatic rings. The highest BCUT2D eigenvalue weighted by Crippen LogP contribution is 2.13. The fraction of sp³-hybridized carbons (Fsp3) is 0.643. The zero-order valence-electron chi connectivity index (χ0n) is 10.4. The molecular formula is C14H22N2. The molecule has 2 nitrogen and oxygen atoms in total. The van der Waals surface area contributed by atoms with E-state index in [2.05, 4.69) is 36.3 Å². The average Bonchev–Trinajstić information content (AvgIpc) is 2.44. The molecule has 0 saturated carbocycles. The molecule has 1 aliphatic rings. The third-order valence-electron chi connectivity index (χ3n) is 3.27. The van der Waals surface area contributed by atoms with Crippen LogP contribution in [-0.4, -0.2) is 17.6 Å². The molecule has 2 heteroatoms. The lowest BCUT2D eigenvalue weighted by molar-refractivity contribution is 0.502. The molecule has 0 spiro atoms. The largest absolute Gasteiger partial charge is 0.314 e. The molecule has 2 heterocycles. The summed E-state index contributed by atoms with van der Waals surface area (Å²) < 4.78 is 0. The van der Waals surface area contributed by atoms with E-state index < -0.39 is 0 Å². The van der Waals surface area contributed by atoms with Gasteiger partial charge in [0.2, 0.25) is 0 Å². The van der Waals surface area contributed by atoms with Gasteiger partial charge in [-0.1, -0.05) is 12.8 Å². The van der Waals surface area contributed by atoms with Gasteiger partial charge in [-0.05, 0) is 50.9 Å². The maximum absolute atomic E-state index is 4.62. The lowest BCUT2D eigenvalue weighted by Gasteiger charge is -2.15. The SMILES string of the molecule is Cc1cc(C)nc(C[C@H]2CCCCCN2)c1. The van der Waals surface area contributed by atoms with Crippen LogP contribution in [0.2, 0.25) is 0 Å². The first-order valence-electron chi connectivity index (χ1n) is 6.41. The van der Waals surface area contributed by atoms with E-state index in [-0.39, 0.29) is 0 Å². The van der Waals surface area contributed by atoms with Crippen molar-refractivity contribution in [3.05, 3.63) is 29.1 Å². The summed E-state index contributed by atoms with van der Waals surface area (Å²) in [6.07, 6.45) is 6.46. The van der Waals surface area contributed by atoms with Crippen molar-refractivity contribution in [3.63, 3.8) is 0 Å². The Morgan fingerprint density at radius 3 is 2.94 bits per heavy atom. The number of aryl methyl sites for hydroxylation is 2. The molecule has 0 aliphatic carbocycles. The second kappa shape index (κ2) is 5.44. The highest BCUT2D eigenvalue weighted by molar-refractivity contribution is 5.20. The third-order valence-corrected chi connectivity index (χ3v) is 3.27. The molecule has 2 rings (SSSR count). The average molecular weight is 218 g/mol. The van der Waals surface area contributed by atoms with Gasteiger partial charge in [0.1, 0.15) is 0 Å². The molecule has 1 N–H and O–H groups in total. The standard InChI is InChI=1S/C14H22N2/c1-11-8-12(2)16-14(9-11)10-13-6-4-3-5-7-15-13/h8-9,13,15H,3-7,10H2,1-2H3/t13-/m1/s1. The highest BCUT2D eigenvalue weighted by atomic mass is 14.9. The topological polar surface area (TPSA) is 24.9 Å². The van der Waals surface area contributed by atoms with Gasteiger partial charge in [-0.3, -0.25) is 4.98 Å². The Morgan fingerprint density at radius 2 is 2.12 bits per heavy atom. The number of nitrogens with zero attached hydrogens (tertiary/aromatic N) is 1. The molecule has 1 atom stereocenters. The van der Waals surface area contributed by atoms with Gasteiger partial charge in [0, 0.05) is 23.9 Å². The van der Waals surface area contributed by atoms with Crippen molar-refractivity contribution in [1.29, 1.82) is 0 Å². The monoisotopic (exact) mass is 218 g/mol. The van der Waals surface area contributed by atoms with Crippen molar-refractivity contribution < 1.29 is 0 Å². The molecule has 1 saturated heterocycles. The Kier molecular flexibility index (Phi) is 3.94. The second-order valence-electron chi connectivity index (χ2n) is 4.98. The van der Waals surface area contributed by atoms with Crippen LogP contribution < -0.4 is 5.32 Å². The summed E-state index contributed by atoms with van der Waals surface area (Å²) in [5, 5.41) is 3.63. The molecule has 1 fully saturated rings. The van der Waals surface area contributed by atoms with E-state index in [0.29, 0.717) is 6.04 Å². The number of nitrogens with one attached hydrogen (secondary N) is 1. The van der Waals surface area contributed by atoms with Gasteiger partial charge in [-0.15, -0.1) is 0 Å². The molecule has 0 radical (unpaired) electrons. The first-order chi connectivity index (χ1) is 7.74. The van der Waals surface area contributed by atoms with Crippen LogP contribution in [0.15, 0.2) is 12.1 Å². The second-order valence-corrected chi connectivity index (χ2v) is 4.98. The van der Waals surface area contributed by atoms with Crippen molar-refractivity contribution in [1.82, 2.24) is 10.3 Å². The van der Waals surface area contributed by atoms with E-state index in [9.17, 15) is 0 Å². The predicted molar refractivity (Wildman–Crippen MR) is 67.7 cm³/mol. The number of hydrogen-bond donors (Lipinski definition) is 1. The van der Waals surface area contributed by atoms with Gasteiger partial charge in [-0.2, -0.15) is 0 Å². The quantitative estimate of drug-likeness (QED) is 0.825. The molecule has 0 bridgehead atoms. The van der Waals surface area contributed by atoms with Crippen LogP contribution in [0.3, 0.4) is 0 Å². The maximum atomic E-state index is 4.62. The zero-order chi connectivity index (χ0) is 11.4. The third kappa shape index (κ3) is 3.31. The van der Waals surface area contributed by atoms with Crippen LogP contribution in [0, 0.1) is 13.8 Å². The van der Waals surface area contributed by atoms with E-state index in [1.807, 2.05) is 0 Å². The van der Waals surface area contributed by atoms with Gasteiger partial charge in [0.05, 0.1) is 0 Å². The van der Waals surface area contributed by atoms with Crippen molar-refractivity contribution in [2.75, 3.05) is 6.54 Å². The fourth-order valence-electron chi connectivity index (χ4n) is 2.56. The lowest BCUT2D eigenvalue weighted by Crippen LogP contribution is -2.30. The summed E-state index contributed by atoms with van der Waals surface area (Å²) in [5.41, 5.74) is 3.72. The van der Waals surface area contributed by atoms with Crippen molar-refractivity contribution >= 4 is 0 Å². The van der Waals surface area contributed by atoms with Crippen LogP contribution in [0.4, 0.5) is 0 Å². The summed E-state index contributed by atoms with van der Waals surface area (Å²) in [7, 11) is 0. The normalized spacial score (nSPS) is 21.8. The summed E-state index contributed by atoms with van der Waals surface area (Å²) in [4.78, 5) is 4.62. The zero-order valence-corrected chi connectivity index (χ0v) is 10.4. The number of aromatic nitrogens is 1. The van der Waals surface area contributed by atoms with Crippen molar-refractivity contribution in [3.8, 4) is 0 Å². The van der Waals surface area contributed by atoms with E-state index in [1.165, 1.54) is 43.5 Å². The minimum Gasteiger partial charge on any atom is -0.314 e. The van der Waals surface area contributed by atoms with Crippen LogP contribution in [0.5, 0.6) is 0 Å². The van der Waals surface area contributed by atoms with E-state index in [0.717, 1.165) is 12.1 Å². The van der Waals surface area contributed by atoms with Crippen LogP contribution in [0.1, 0.15) is 42.6 Å². The van der Waals surface area contributed by atoms with E-state index in [4.69, 9.17) is 0 Å². The van der Waals surface area contributed by atoms with Crippen molar-refractivity contribution in [2.24, 2.45) is 0 Å². The summed E-state index contributed by atoms with van der Waals surface area (Å²) in [6, 6.07) is 5.00. The number of hydrogen-bond acceptors (Lipinski definition) is 2. The maximum Gasteiger partial charge on any atom is 0.0424 e. The predicted octanol–water partition coefficient (Wildman–Crippen LogP) is 2.77. The van der Waals surface area contributed by atoms with Gasteiger partial charge in [0.15, 0.2) is 0 Å². The first kappa shape index (κ1) is 11.6. The Bertz CT molecular complexity index is 318. The van der Waals surface area contributed by atoms with Gasteiger partial charge >= 0.3 is 0 Å². The molecule has 16 heavy (non-hydrogen) atoms. The molecule has 1 aromatic heterocycles. The van der Waals surface area contributed by atoms with E-state index >= 15 is 0 Å². The number of rotatable bonds is 2. The molecule has 1 aliphatic heterocycles. The molecule has 0 amide bonds. The summed E-state index contributed by atoms with van der Waals surface area (Å²) in [5.74, 6) is 0. The summed E-state index contributed by atoms with van der Waals surface area (Å²) >= 11 is 0. The van der Waals surface area contributed by atoms with Crippen LogP contribution in [-0.2, 0) is 6.42 Å². The molecular weight excluding hydrogens is 196 g/mol. The minimum atomic E-state index is 0.635. The lowest BCUT2D eigenvalue weighted by atomic mass is 10.0. The Morgan fingerprint density at radius 1 is 1.25 bits per heavy atom. The Labute approximate surface area is 98.5 Å². The van der Waals surface area contributed by atoms with E-state index in [1.54, 1.807) is 0 Å². The smallest absolute Gasteiger partial charge is 0.0424 e. The summed E-state index contributed by atoms with van der Waals surface area (Å²) in [6.45, 7) is 5.41. The minimum absolute atomic E-state index is 0.635. The van der Waals surface area contributed by atoms with Crippen LogP contribution >= 0.6 is 0 Å². The molecule has 0 aromatic carbocycles. The van der Waals surface area contributed by atoms with Gasteiger partial charge < -0.3 is 5.32 Å². The number of pyridine rings is 1. The van der Waals surface area contributed by atoms with Gasteiger partial charge in [0.25, 0.3) is 0 Å². The molecule has 88 valence electrons. The van der Waals surface area contributed by atoms with Crippen LogP contribution in [0.25, 0.3) is 0 Å². The van der Waals surface area contributed by atoms with Gasteiger partial charge in [-0.25, -0.2) is 0 Å². The molecule has 0 unspecified atom stereocenters. The fourth-order valence-corrected chi connectivity index (χ4v) is 2.56. The highest BCUT2D eigenvalue weighted by Gasteiger charge is 2.12. The first-order valence-corrected chi connectivity index (χ1v) is 6.41. The Balaban J connectivity index is 2.01. The Hall–Kier alpha value is -0.890.